The van der Waals surface area contributed by atoms with E-state index in [9.17, 15) is 14.7 Å². The number of rotatable bonds is 5. The van der Waals surface area contributed by atoms with Gasteiger partial charge in [0.25, 0.3) is 0 Å². The smallest absolute Gasteiger partial charge is 0.338 e. The Kier molecular flexibility index (Phi) is 5.73. The molecule has 0 spiro atoms. The van der Waals surface area contributed by atoms with Gasteiger partial charge in [0.1, 0.15) is 12.4 Å². The summed E-state index contributed by atoms with van der Waals surface area (Å²) >= 11 is 7.27. The van der Waals surface area contributed by atoms with Gasteiger partial charge in [-0.05, 0) is 42.5 Å². The van der Waals surface area contributed by atoms with Gasteiger partial charge in [-0.2, -0.15) is 0 Å². The van der Waals surface area contributed by atoms with Crippen molar-refractivity contribution in [2.24, 2.45) is 0 Å². The molecule has 0 aliphatic rings. The number of esters is 1. The SMILES string of the molecule is CC(=O)N(c1cccc(Cl)c1)c1nc(COC(=O)c2ccc(O)cc2)cs1. The number of ether oxygens (including phenoxy) is 1. The maximum absolute atomic E-state index is 12.1. The third-order valence-electron chi connectivity index (χ3n) is 3.57. The first-order valence-corrected chi connectivity index (χ1v) is 9.16. The Hall–Kier alpha value is -2.90. The van der Waals surface area contributed by atoms with Crippen molar-refractivity contribution < 1.29 is 19.4 Å². The molecule has 0 unspecified atom stereocenters. The number of halogens is 1. The van der Waals surface area contributed by atoms with Crippen LogP contribution in [-0.4, -0.2) is 22.0 Å². The minimum atomic E-state index is -0.525. The average Bonchev–Trinajstić information content (AvgIpc) is 3.08. The Labute approximate surface area is 164 Å². The summed E-state index contributed by atoms with van der Waals surface area (Å²) in [6.07, 6.45) is 0. The maximum atomic E-state index is 12.1. The number of thiazole rings is 1. The van der Waals surface area contributed by atoms with Gasteiger partial charge >= 0.3 is 5.97 Å². The van der Waals surface area contributed by atoms with Crippen molar-refractivity contribution in [2.75, 3.05) is 4.90 Å². The molecule has 6 nitrogen and oxygen atoms in total. The normalized spacial score (nSPS) is 10.4. The Morgan fingerprint density at radius 3 is 2.63 bits per heavy atom. The molecule has 1 aromatic heterocycles. The van der Waals surface area contributed by atoms with Crippen LogP contribution in [0, 0.1) is 0 Å². The zero-order chi connectivity index (χ0) is 19.4. The summed E-state index contributed by atoms with van der Waals surface area (Å²) in [6, 6.07) is 12.7. The minimum Gasteiger partial charge on any atom is -0.508 e. The van der Waals surface area contributed by atoms with Crippen LogP contribution in [0.2, 0.25) is 5.02 Å². The third kappa shape index (κ3) is 4.64. The molecule has 8 heteroatoms. The number of hydrogen-bond donors (Lipinski definition) is 1. The van der Waals surface area contributed by atoms with Crippen molar-refractivity contribution in [2.45, 2.75) is 13.5 Å². The van der Waals surface area contributed by atoms with Crippen LogP contribution in [0.15, 0.2) is 53.9 Å². The topological polar surface area (TPSA) is 79.7 Å². The van der Waals surface area contributed by atoms with Gasteiger partial charge in [0, 0.05) is 17.3 Å². The highest BCUT2D eigenvalue weighted by Crippen LogP contribution is 2.30. The molecule has 1 heterocycles. The molecular formula is C19H15ClN2O4S. The number of hydrogen-bond acceptors (Lipinski definition) is 6. The molecule has 0 aliphatic carbocycles. The molecule has 1 amide bonds. The molecule has 0 aliphatic heterocycles. The average molecular weight is 403 g/mol. The summed E-state index contributed by atoms with van der Waals surface area (Å²) in [7, 11) is 0. The second-order valence-electron chi connectivity index (χ2n) is 5.58. The Morgan fingerprint density at radius 2 is 1.96 bits per heavy atom. The number of nitrogens with zero attached hydrogens (tertiary/aromatic N) is 2. The van der Waals surface area contributed by atoms with E-state index in [4.69, 9.17) is 16.3 Å². The van der Waals surface area contributed by atoms with Crippen LogP contribution in [0.4, 0.5) is 10.8 Å². The monoisotopic (exact) mass is 402 g/mol. The number of phenolic OH excluding ortho intramolecular Hbond substituents is 1. The Balaban J connectivity index is 1.72. The van der Waals surface area contributed by atoms with Crippen LogP contribution >= 0.6 is 22.9 Å². The van der Waals surface area contributed by atoms with Crippen LogP contribution < -0.4 is 4.90 Å². The van der Waals surface area contributed by atoms with E-state index in [1.807, 2.05) is 0 Å². The molecule has 1 N–H and O–H groups in total. The first kappa shape index (κ1) is 18.9. The zero-order valence-electron chi connectivity index (χ0n) is 14.3. The molecule has 3 rings (SSSR count). The fraction of sp³-hybridized carbons (Fsp3) is 0.105. The van der Waals surface area contributed by atoms with Gasteiger partial charge < -0.3 is 9.84 Å². The maximum Gasteiger partial charge on any atom is 0.338 e. The highest BCUT2D eigenvalue weighted by Gasteiger charge is 2.19. The molecule has 0 fully saturated rings. The van der Waals surface area contributed by atoms with Gasteiger partial charge in [-0.25, -0.2) is 9.78 Å². The highest BCUT2D eigenvalue weighted by molar-refractivity contribution is 7.14. The standard InChI is InChI=1S/C19H15ClN2O4S/c1-12(23)22(16-4-2-3-14(20)9-16)19-21-15(11-27-19)10-26-18(25)13-5-7-17(24)8-6-13/h2-9,11,24H,10H2,1H3. The first-order valence-electron chi connectivity index (χ1n) is 7.91. The third-order valence-corrected chi connectivity index (χ3v) is 4.68. The van der Waals surface area contributed by atoms with E-state index in [1.54, 1.807) is 29.6 Å². The molecule has 0 radical (unpaired) electrons. The van der Waals surface area contributed by atoms with Crippen molar-refractivity contribution in [1.29, 1.82) is 0 Å². The van der Waals surface area contributed by atoms with Crippen LogP contribution in [-0.2, 0) is 16.1 Å². The molecule has 0 atom stereocenters. The number of aromatic nitrogens is 1. The molecule has 0 saturated heterocycles. The van der Waals surface area contributed by atoms with Gasteiger partial charge in [0.15, 0.2) is 5.13 Å². The van der Waals surface area contributed by atoms with E-state index in [0.29, 0.717) is 27.1 Å². The number of aromatic hydroxyl groups is 1. The fourth-order valence-electron chi connectivity index (χ4n) is 2.33. The summed E-state index contributed by atoms with van der Waals surface area (Å²) in [5, 5.41) is 11.9. The summed E-state index contributed by atoms with van der Waals surface area (Å²) in [4.78, 5) is 29.9. The van der Waals surface area contributed by atoms with Gasteiger partial charge in [-0.1, -0.05) is 17.7 Å². The Bertz CT molecular complexity index is 972. The molecule has 0 saturated carbocycles. The Morgan fingerprint density at radius 1 is 1.22 bits per heavy atom. The number of benzene rings is 2. The fourth-order valence-corrected chi connectivity index (χ4v) is 3.38. The van der Waals surface area contributed by atoms with Crippen LogP contribution in [0.25, 0.3) is 0 Å². The molecule has 27 heavy (non-hydrogen) atoms. The van der Waals surface area contributed by atoms with Gasteiger partial charge in [0.05, 0.1) is 16.9 Å². The lowest BCUT2D eigenvalue weighted by Gasteiger charge is -2.18. The number of anilines is 2. The van der Waals surface area contributed by atoms with Crippen molar-refractivity contribution in [3.05, 3.63) is 70.2 Å². The van der Waals surface area contributed by atoms with Crippen LogP contribution in [0.1, 0.15) is 23.0 Å². The highest BCUT2D eigenvalue weighted by atomic mass is 35.5. The van der Waals surface area contributed by atoms with E-state index in [2.05, 4.69) is 4.98 Å². The van der Waals surface area contributed by atoms with Crippen molar-refractivity contribution >= 4 is 45.6 Å². The summed E-state index contributed by atoms with van der Waals surface area (Å²) in [6.45, 7) is 1.41. The van der Waals surface area contributed by atoms with E-state index >= 15 is 0 Å². The summed E-state index contributed by atoms with van der Waals surface area (Å²) < 4.78 is 5.23. The minimum absolute atomic E-state index is 0.0303. The molecule has 3 aromatic rings. The first-order chi connectivity index (χ1) is 12.9. The zero-order valence-corrected chi connectivity index (χ0v) is 15.8. The molecule has 138 valence electrons. The second kappa shape index (κ2) is 8.20. The van der Waals surface area contributed by atoms with E-state index in [-0.39, 0.29) is 18.3 Å². The summed E-state index contributed by atoms with van der Waals surface area (Å²) in [5.41, 5.74) is 1.46. The second-order valence-corrected chi connectivity index (χ2v) is 6.85. The van der Waals surface area contributed by atoms with E-state index in [0.717, 1.165) is 0 Å². The van der Waals surface area contributed by atoms with Crippen LogP contribution in [0.5, 0.6) is 5.75 Å². The van der Waals surface area contributed by atoms with Gasteiger partial charge in [-0.15, -0.1) is 11.3 Å². The van der Waals surface area contributed by atoms with Crippen molar-refractivity contribution in [1.82, 2.24) is 4.98 Å². The number of amides is 1. The summed E-state index contributed by atoms with van der Waals surface area (Å²) in [5.74, 6) is -0.664. The van der Waals surface area contributed by atoms with Gasteiger partial charge in [0.2, 0.25) is 5.91 Å². The molecular weight excluding hydrogens is 388 g/mol. The van der Waals surface area contributed by atoms with Crippen molar-refractivity contribution in [3.63, 3.8) is 0 Å². The van der Waals surface area contributed by atoms with Crippen molar-refractivity contribution in [3.8, 4) is 5.75 Å². The lowest BCUT2D eigenvalue weighted by atomic mass is 10.2. The predicted molar refractivity (Wildman–Crippen MR) is 104 cm³/mol. The van der Waals surface area contributed by atoms with Crippen LogP contribution in [0.3, 0.4) is 0 Å². The molecule has 0 bridgehead atoms. The largest absolute Gasteiger partial charge is 0.508 e. The number of carbonyl (C=O) groups excluding carboxylic acids is 2. The quantitative estimate of drug-likeness (QED) is 0.633. The lowest BCUT2D eigenvalue weighted by Crippen LogP contribution is -2.22. The molecule has 2 aromatic carbocycles. The number of carbonyl (C=O) groups is 2. The number of phenols is 1. The van der Waals surface area contributed by atoms with E-state index in [1.165, 1.54) is 47.4 Å². The van der Waals surface area contributed by atoms with E-state index < -0.39 is 5.97 Å². The lowest BCUT2D eigenvalue weighted by molar-refractivity contribution is -0.115. The van der Waals surface area contributed by atoms with Gasteiger partial charge in [-0.3, -0.25) is 9.69 Å². The predicted octanol–water partition coefficient (Wildman–Crippen LogP) is 4.54.